The summed E-state index contributed by atoms with van der Waals surface area (Å²) in [6.45, 7) is 4.17. The van der Waals surface area contributed by atoms with E-state index in [1.807, 2.05) is 6.92 Å². The topological polar surface area (TPSA) is 70.1 Å². The fourth-order valence-electron chi connectivity index (χ4n) is 1.04. The maximum Gasteiger partial charge on any atom is 0.327 e. The van der Waals surface area contributed by atoms with Crippen LogP contribution in [0.3, 0.4) is 0 Å². The molecule has 0 saturated carbocycles. The van der Waals surface area contributed by atoms with E-state index in [0.717, 1.165) is 5.56 Å². The van der Waals surface area contributed by atoms with Crippen molar-refractivity contribution in [2.45, 2.75) is 26.4 Å². The molecule has 1 rings (SSSR count). The zero-order chi connectivity index (χ0) is 10.6. The van der Waals surface area contributed by atoms with Gasteiger partial charge < -0.3 is 10.5 Å². The second kappa shape index (κ2) is 4.76. The molecule has 2 N–H and O–H groups in total. The van der Waals surface area contributed by atoms with Gasteiger partial charge in [0, 0.05) is 17.8 Å². The molecule has 0 aromatic carbocycles. The van der Waals surface area contributed by atoms with E-state index in [-0.39, 0.29) is 18.6 Å². The van der Waals surface area contributed by atoms with Crippen molar-refractivity contribution in [3.63, 3.8) is 0 Å². The number of nitrogens with zero attached hydrogens (tertiary/aromatic N) is 2. The molecule has 0 bridgehead atoms. The predicted octanol–water partition coefficient (Wildman–Crippen LogP) is 0.466. The summed E-state index contributed by atoms with van der Waals surface area (Å²) in [4.78, 5) is 11.1. The average molecular weight is 197 g/mol. The molecule has 1 aromatic rings. The van der Waals surface area contributed by atoms with Gasteiger partial charge in [-0.15, -0.1) is 0 Å². The maximum atomic E-state index is 11.1. The molecule has 0 unspecified atom stereocenters. The highest BCUT2D eigenvalue weighted by molar-refractivity contribution is 5.68. The summed E-state index contributed by atoms with van der Waals surface area (Å²) >= 11 is 0. The van der Waals surface area contributed by atoms with Crippen LogP contribution >= 0.6 is 0 Å². The molecule has 0 aliphatic carbocycles. The van der Waals surface area contributed by atoms with E-state index in [1.54, 1.807) is 19.3 Å². The van der Waals surface area contributed by atoms with Gasteiger partial charge in [-0.3, -0.25) is 9.48 Å². The molecule has 1 atom stereocenters. The molecule has 0 fully saturated rings. The van der Waals surface area contributed by atoms with E-state index in [4.69, 9.17) is 10.5 Å². The lowest BCUT2D eigenvalue weighted by Gasteiger charge is -2.01. The van der Waals surface area contributed by atoms with Crippen LogP contribution < -0.4 is 5.73 Å². The van der Waals surface area contributed by atoms with Crippen molar-refractivity contribution in [2.24, 2.45) is 5.73 Å². The van der Waals surface area contributed by atoms with Crippen LogP contribution in [0.25, 0.3) is 0 Å². The lowest BCUT2D eigenvalue weighted by atomic mass is 10.2. The Bertz CT molecular complexity index is 307. The summed E-state index contributed by atoms with van der Waals surface area (Å²) < 4.78 is 6.31. The van der Waals surface area contributed by atoms with Crippen molar-refractivity contribution >= 4 is 5.97 Å². The molecule has 0 aliphatic rings. The molecule has 14 heavy (non-hydrogen) atoms. The first-order chi connectivity index (χ1) is 6.63. The SMILES string of the molecule is CCOC(=O)Cn1cc([C@H](C)N)cn1. The zero-order valence-corrected chi connectivity index (χ0v) is 8.43. The van der Waals surface area contributed by atoms with Crippen LogP contribution in [-0.2, 0) is 16.1 Å². The molecule has 1 heterocycles. The number of hydrogen-bond acceptors (Lipinski definition) is 4. The van der Waals surface area contributed by atoms with Crippen molar-refractivity contribution in [3.8, 4) is 0 Å². The number of rotatable bonds is 4. The van der Waals surface area contributed by atoms with Crippen LogP contribution in [0.4, 0.5) is 0 Å². The molecule has 78 valence electrons. The summed E-state index contributed by atoms with van der Waals surface area (Å²) in [6.07, 6.45) is 3.41. The van der Waals surface area contributed by atoms with E-state index in [9.17, 15) is 4.79 Å². The smallest absolute Gasteiger partial charge is 0.327 e. The normalized spacial score (nSPS) is 12.5. The Morgan fingerprint density at radius 2 is 2.50 bits per heavy atom. The van der Waals surface area contributed by atoms with Gasteiger partial charge in [-0.2, -0.15) is 5.10 Å². The number of carbonyl (C=O) groups is 1. The molecule has 5 nitrogen and oxygen atoms in total. The third-order valence-corrected chi connectivity index (χ3v) is 1.78. The maximum absolute atomic E-state index is 11.1. The number of carbonyl (C=O) groups excluding carboxylic acids is 1. The largest absolute Gasteiger partial charge is 0.465 e. The van der Waals surface area contributed by atoms with Gasteiger partial charge in [-0.05, 0) is 13.8 Å². The standard InChI is InChI=1S/C9H15N3O2/c1-3-14-9(13)6-12-5-8(4-11-12)7(2)10/h4-5,7H,3,6,10H2,1-2H3/t7-/m0/s1. The van der Waals surface area contributed by atoms with Crippen LogP contribution in [0.5, 0.6) is 0 Å². The summed E-state index contributed by atoms with van der Waals surface area (Å²) in [7, 11) is 0. The van der Waals surface area contributed by atoms with E-state index in [0.29, 0.717) is 6.61 Å². The quantitative estimate of drug-likeness (QED) is 0.712. The number of nitrogens with two attached hydrogens (primary N) is 1. The van der Waals surface area contributed by atoms with Gasteiger partial charge in [-0.1, -0.05) is 0 Å². The van der Waals surface area contributed by atoms with Gasteiger partial charge in [0.1, 0.15) is 6.54 Å². The van der Waals surface area contributed by atoms with Crippen molar-refractivity contribution < 1.29 is 9.53 Å². The van der Waals surface area contributed by atoms with Crippen molar-refractivity contribution in [2.75, 3.05) is 6.61 Å². The van der Waals surface area contributed by atoms with E-state index < -0.39 is 0 Å². The Morgan fingerprint density at radius 3 is 3.00 bits per heavy atom. The fraction of sp³-hybridized carbons (Fsp3) is 0.556. The minimum atomic E-state index is -0.285. The van der Waals surface area contributed by atoms with Crippen LogP contribution in [0.1, 0.15) is 25.5 Å². The van der Waals surface area contributed by atoms with Crippen LogP contribution in [0, 0.1) is 0 Å². The highest BCUT2D eigenvalue weighted by Gasteiger charge is 2.06. The molecule has 5 heteroatoms. The third kappa shape index (κ3) is 2.85. The van der Waals surface area contributed by atoms with Gasteiger partial charge in [0.05, 0.1) is 12.8 Å². The summed E-state index contributed by atoms with van der Waals surface area (Å²) in [6, 6.07) is -0.0639. The Hall–Kier alpha value is -1.36. The van der Waals surface area contributed by atoms with E-state index >= 15 is 0 Å². The first-order valence-corrected chi connectivity index (χ1v) is 4.57. The van der Waals surface area contributed by atoms with Gasteiger partial charge in [0.15, 0.2) is 0 Å². The Balaban J connectivity index is 2.55. The van der Waals surface area contributed by atoms with Crippen LogP contribution in [0.15, 0.2) is 12.4 Å². The van der Waals surface area contributed by atoms with Gasteiger partial charge in [0.25, 0.3) is 0 Å². The van der Waals surface area contributed by atoms with Crippen LogP contribution in [-0.4, -0.2) is 22.4 Å². The zero-order valence-electron chi connectivity index (χ0n) is 8.43. The predicted molar refractivity (Wildman–Crippen MR) is 51.5 cm³/mol. The Labute approximate surface area is 82.8 Å². The van der Waals surface area contributed by atoms with Crippen molar-refractivity contribution in [3.05, 3.63) is 18.0 Å². The Kier molecular flexibility index (Phi) is 3.64. The molecule has 0 saturated heterocycles. The third-order valence-electron chi connectivity index (χ3n) is 1.78. The lowest BCUT2D eigenvalue weighted by molar-refractivity contribution is -0.144. The van der Waals surface area contributed by atoms with Gasteiger partial charge in [0.2, 0.25) is 0 Å². The molecule has 0 amide bonds. The van der Waals surface area contributed by atoms with Crippen LogP contribution in [0.2, 0.25) is 0 Å². The summed E-state index contributed by atoms with van der Waals surface area (Å²) in [5.41, 5.74) is 6.56. The van der Waals surface area contributed by atoms with E-state index in [1.165, 1.54) is 4.68 Å². The second-order valence-corrected chi connectivity index (χ2v) is 3.06. The first kappa shape index (κ1) is 10.7. The van der Waals surface area contributed by atoms with E-state index in [2.05, 4.69) is 5.10 Å². The Morgan fingerprint density at radius 1 is 1.79 bits per heavy atom. The highest BCUT2D eigenvalue weighted by Crippen LogP contribution is 2.06. The number of esters is 1. The minimum Gasteiger partial charge on any atom is -0.465 e. The molecule has 0 radical (unpaired) electrons. The molecular weight excluding hydrogens is 182 g/mol. The number of ether oxygens (including phenoxy) is 1. The highest BCUT2D eigenvalue weighted by atomic mass is 16.5. The van der Waals surface area contributed by atoms with Crippen molar-refractivity contribution in [1.82, 2.24) is 9.78 Å². The molecule has 0 aliphatic heterocycles. The minimum absolute atomic E-state index is 0.0639. The average Bonchev–Trinajstić information content (AvgIpc) is 2.53. The molecule has 0 spiro atoms. The molecule has 1 aromatic heterocycles. The number of aromatic nitrogens is 2. The first-order valence-electron chi connectivity index (χ1n) is 4.57. The van der Waals surface area contributed by atoms with Gasteiger partial charge >= 0.3 is 5.97 Å². The monoisotopic (exact) mass is 197 g/mol. The van der Waals surface area contributed by atoms with Crippen molar-refractivity contribution in [1.29, 1.82) is 0 Å². The van der Waals surface area contributed by atoms with Gasteiger partial charge in [-0.25, -0.2) is 0 Å². The molecular formula is C9H15N3O2. The summed E-state index contributed by atoms with van der Waals surface area (Å²) in [5.74, 6) is -0.285. The summed E-state index contributed by atoms with van der Waals surface area (Å²) in [5, 5.41) is 4.00. The fourth-order valence-corrected chi connectivity index (χ4v) is 1.04. The number of hydrogen-bond donors (Lipinski definition) is 1. The second-order valence-electron chi connectivity index (χ2n) is 3.06. The lowest BCUT2D eigenvalue weighted by Crippen LogP contribution is -2.13.